The highest BCUT2D eigenvalue weighted by Crippen LogP contribution is 2.20. The minimum absolute atomic E-state index is 0.548. The summed E-state index contributed by atoms with van der Waals surface area (Å²) < 4.78 is 0. The summed E-state index contributed by atoms with van der Waals surface area (Å²) in [7, 11) is 0. The second-order valence-corrected chi connectivity index (χ2v) is 3.42. The van der Waals surface area contributed by atoms with Gasteiger partial charge in [0.2, 0.25) is 0 Å². The molecule has 1 N–H and O–H groups in total. The number of thiazole rings is 1. The molecule has 0 aromatic carbocycles. The second-order valence-electron chi connectivity index (χ2n) is 2.22. The number of aryl methyl sites for hydroxylation is 2. The Labute approximate surface area is 70.7 Å². The maximum absolute atomic E-state index is 5.09. The molecule has 0 aliphatic heterocycles. The van der Waals surface area contributed by atoms with Crippen molar-refractivity contribution in [1.82, 2.24) is 4.98 Å². The van der Waals surface area contributed by atoms with E-state index in [4.69, 9.17) is 6.42 Å². The Kier molecular flexibility index (Phi) is 2.50. The lowest BCUT2D eigenvalue weighted by Gasteiger charge is -1.92. The highest BCUT2D eigenvalue weighted by Gasteiger charge is 2.00. The first-order valence-electron chi connectivity index (χ1n) is 3.35. The molecule has 2 nitrogen and oxygen atoms in total. The van der Waals surface area contributed by atoms with E-state index in [2.05, 4.69) is 16.2 Å². The van der Waals surface area contributed by atoms with Gasteiger partial charge in [0.15, 0.2) is 5.13 Å². The number of nitrogens with one attached hydrogen (secondary N) is 1. The van der Waals surface area contributed by atoms with Gasteiger partial charge in [0.05, 0.1) is 12.2 Å². The van der Waals surface area contributed by atoms with Crippen LogP contribution in [0.5, 0.6) is 0 Å². The number of anilines is 1. The second kappa shape index (κ2) is 3.40. The summed E-state index contributed by atoms with van der Waals surface area (Å²) in [4.78, 5) is 5.50. The summed E-state index contributed by atoms with van der Waals surface area (Å²) in [5.74, 6) is 2.50. The quantitative estimate of drug-likeness (QED) is 0.678. The van der Waals surface area contributed by atoms with Crippen LogP contribution in [0.2, 0.25) is 0 Å². The van der Waals surface area contributed by atoms with Crippen LogP contribution in [-0.4, -0.2) is 11.5 Å². The third-order valence-electron chi connectivity index (χ3n) is 1.37. The normalized spacial score (nSPS) is 9.18. The summed E-state index contributed by atoms with van der Waals surface area (Å²) in [6.45, 7) is 4.59. The van der Waals surface area contributed by atoms with E-state index in [1.807, 2.05) is 13.8 Å². The molecule has 1 heterocycles. The van der Waals surface area contributed by atoms with Crippen LogP contribution in [0.25, 0.3) is 0 Å². The van der Waals surface area contributed by atoms with E-state index < -0.39 is 0 Å². The first-order valence-corrected chi connectivity index (χ1v) is 4.17. The fraction of sp³-hybridized carbons (Fsp3) is 0.375. The first kappa shape index (κ1) is 8.09. The molecule has 0 bridgehead atoms. The topological polar surface area (TPSA) is 24.9 Å². The molecule has 0 spiro atoms. The Balaban J connectivity index is 2.67. The van der Waals surface area contributed by atoms with Gasteiger partial charge in [-0.15, -0.1) is 17.8 Å². The zero-order valence-electron chi connectivity index (χ0n) is 6.64. The molecule has 3 heteroatoms. The van der Waals surface area contributed by atoms with E-state index in [1.54, 1.807) is 11.3 Å². The minimum Gasteiger partial charge on any atom is -0.351 e. The summed E-state index contributed by atoms with van der Waals surface area (Å²) in [5, 5.41) is 3.94. The lowest BCUT2D eigenvalue weighted by molar-refractivity contribution is 1.21. The van der Waals surface area contributed by atoms with E-state index in [0.717, 1.165) is 10.8 Å². The molecule has 58 valence electrons. The lowest BCUT2D eigenvalue weighted by Crippen LogP contribution is -1.96. The molecule has 0 atom stereocenters. The largest absolute Gasteiger partial charge is 0.351 e. The van der Waals surface area contributed by atoms with Gasteiger partial charge in [-0.3, -0.25) is 0 Å². The van der Waals surface area contributed by atoms with Gasteiger partial charge >= 0.3 is 0 Å². The van der Waals surface area contributed by atoms with E-state index >= 15 is 0 Å². The van der Waals surface area contributed by atoms with Crippen molar-refractivity contribution in [2.24, 2.45) is 0 Å². The van der Waals surface area contributed by atoms with Gasteiger partial charge in [0, 0.05) is 4.88 Å². The summed E-state index contributed by atoms with van der Waals surface area (Å²) in [6, 6.07) is 0. The van der Waals surface area contributed by atoms with Crippen molar-refractivity contribution in [3.05, 3.63) is 10.6 Å². The molecule has 0 saturated heterocycles. The minimum atomic E-state index is 0.548. The van der Waals surface area contributed by atoms with Gasteiger partial charge in [0.25, 0.3) is 0 Å². The molecule has 1 aromatic rings. The van der Waals surface area contributed by atoms with Gasteiger partial charge in [-0.25, -0.2) is 4.98 Å². The number of hydrogen-bond acceptors (Lipinski definition) is 3. The fourth-order valence-corrected chi connectivity index (χ4v) is 1.49. The van der Waals surface area contributed by atoms with Crippen LogP contribution < -0.4 is 5.32 Å². The molecule has 1 rings (SSSR count). The lowest BCUT2D eigenvalue weighted by atomic mass is 10.4. The van der Waals surface area contributed by atoms with Gasteiger partial charge < -0.3 is 5.32 Å². The molecule has 11 heavy (non-hydrogen) atoms. The van der Waals surface area contributed by atoms with E-state index in [-0.39, 0.29) is 0 Å². The maximum atomic E-state index is 5.09. The number of rotatable bonds is 2. The average Bonchev–Trinajstić information content (AvgIpc) is 2.28. The number of nitrogens with zero attached hydrogens (tertiary/aromatic N) is 1. The van der Waals surface area contributed by atoms with Crippen LogP contribution in [0.1, 0.15) is 10.6 Å². The Morgan fingerprint density at radius 3 is 2.82 bits per heavy atom. The third-order valence-corrected chi connectivity index (χ3v) is 2.40. The first-order chi connectivity index (χ1) is 5.24. The SMILES string of the molecule is C#CCNc1nc(C)c(C)s1. The van der Waals surface area contributed by atoms with Crippen LogP contribution in [0.3, 0.4) is 0 Å². The predicted molar refractivity (Wildman–Crippen MR) is 48.9 cm³/mol. The molecule has 0 aliphatic carbocycles. The van der Waals surface area contributed by atoms with E-state index in [1.165, 1.54) is 4.88 Å². The van der Waals surface area contributed by atoms with Gasteiger partial charge in [0.1, 0.15) is 0 Å². The molecular formula is C8H10N2S. The average molecular weight is 166 g/mol. The van der Waals surface area contributed by atoms with Crippen LogP contribution in [0.15, 0.2) is 0 Å². The Hall–Kier alpha value is -1.01. The highest BCUT2D eigenvalue weighted by atomic mass is 32.1. The molecular weight excluding hydrogens is 156 g/mol. The highest BCUT2D eigenvalue weighted by molar-refractivity contribution is 7.15. The molecule has 0 saturated carbocycles. The van der Waals surface area contributed by atoms with Crippen LogP contribution in [0.4, 0.5) is 5.13 Å². The van der Waals surface area contributed by atoms with Crippen molar-refractivity contribution in [2.75, 3.05) is 11.9 Å². The van der Waals surface area contributed by atoms with E-state index in [0.29, 0.717) is 6.54 Å². The molecule has 1 aromatic heterocycles. The van der Waals surface area contributed by atoms with Gasteiger partial charge in [-0.1, -0.05) is 5.92 Å². The number of hydrogen-bond donors (Lipinski definition) is 1. The summed E-state index contributed by atoms with van der Waals surface area (Å²) in [6.07, 6.45) is 5.09. The molecule has 0 fully saturated rings. The van der Waals surface area contributed by atoms with Crippen molar-refractivity contribution < 1.29 is 0 Å². The maximum Gasteiger partial charge on any atom is 0.183 e. The van der Waals surface area contributed by atoms with Crippen molar-refractivity contribution in [1.29, 1.82) is 0 Å². The zero-order chi connectivity index (χ0) is 8.27. The van der Waals surface area contributed by atoms with Gasteiger partial charge in [-0.05, 0) is 13.8 Å². The van der Waals surface area contributed by atoms with E-state index in [9.17, 15) is 0 Å². The summed E-state index contributed by atoms with van der Waals surface area (Å²) >= 11 is 1.64. The predicted octanol–water partition coefficient (Wildman–Crippen LogP) is 1.81. The van der Waals surface area contributed by atoms with Crippen molar-refractivity contribution in [3.8, 4) is 12.3 Å². The Bertz CT molecular complexity index is 263. The Morgan fingerprint density at radius 2 is 2.36 bits per heavy atom. The zero-order valence-corrected chi connectivity index (χ0v) is 7.46. The van der Waals surface area contributed by atoms with Crippen molar-refractivity contribution in [2.45, 2.75) is 13.8 Å². The van der Waals surface area contributed by atoms with Crippen molar-refractivity contribution in [3.63, 3.8) is 0 Å². The third kappa shape index (κ3) is 1.95. The number of terminal acetylenes is 1. The Morgan fingerprint density at radius 1 is 1.64 bits per heavy atom. The fourth-order valence-electron chi connectivity index (χ4n) is 0.675. The van der Waals surface area contributed by atoms with Gasteiger partial charge in [-0.2, -0.15) is 0 Å². The molecule has 0 unspecified atom stereocenters. The van der Waals surface area contributed by atoms with Crippen molar-refractivity contribution >= 4 is 16.5 Å². The monoisotopic (exact) mass is 166 g/mol. The summed E-state index contributed by atoms with van der Waals surface area (Å²) in [5.41, 5.74) is 1.08. The van der Waals surface area contributed by atoms with Crippen LogP contribution >= 0.6 is 11.3 Å². The smallest absolute Gasteiger partial charge is 0.183 e. The standard InChI is InChI=1S/C8H10N2S/c1-4-5-9-8-10-6(2)7(3)11-8/h1H,5H2,2-3H3,(H,9,10). The van der Waals surface area contributed by atoms with Crippen LogP contribution in [0, 0.1) is 26.2 Å². The molecule has 0 radical (unpaired) electrons. The van der Waals surface area contributed by atoms with Crippen LogP contribution in [-0.2, 0) is 0 Å². The molecule has 0 amide bonds. The molecule has 0 aliphatic rings. The number of aromatic nitrogens is 1.